The van der Waals surface area contributed by atoms with Gasteiger partial charge in [0.2, 0.25) is 5.69 Å². The molecule has 0 radical (unpaired) electrons. The zero-order chi connectivity index (χ0) is 13.7. The molecule has 0 unspecified atom stereocenters. The molecule has 0 saturated heterocycles. The molecule has 0 bridgehead atoms. The second kappa shape index (κ2) is 6.10. The van der Waals surface area contributed by atoms with Gasteiger partial charge in [0.15, 0.2) is 0 Å². The van der Waals surface area contributed by atoms with Gasteiger partial charge in [-0.25, -0.2) is 0 Å². The van der Waals surface area contributed by atoms with Gasteiger partial charge in [-0.05, 0) is 21.0 Å². The summed E-state index contributed by atoms with van der Waals surface area (Å²) in [7, 11) is 3.75. The number of amides is 1. The molecule has 8 heteroatoms. The highest BCUT2D eigenvalue weighted by Gasteiger charge is 2.24. The van der Waals surface area contributed by atoms with E-state index in [-0.39, 0.29) is 11.4 Å². The van der Waals surface area contributed by atoms with Crippen molar-refractivity contribution in [3.8, 4) is 0 Å². The van der Waals surface area contributed by atoms with Crippen LogP contribution in [-0.2, 0) is 6.54 Å². The first-order chi connectivity index (χ1) is 8.45. The number of hydrogen-bond acceptors (Lipinski definition) is 5. The lowest BCUT2D eigenvalue weighted by atomic mass is 10.3. The molecule has 18 heavy (non-hydrogen) atoms. The van der Waals surface area contributed by atoms with Gasteiger partial charge in [0, 0.05) is 19.6 Å². The zero-order valence-corrected chi connectivity index (χ0v) is 10.7. The minimum absolute atomic E-state index is 0.138. The lowest BCUT2D eigenvalue weighted by Crippen LogP contribution is -2.32. The fourth-order valence-electron chi connectivity index (χ4n) is 1.34. The van der Waals surface area contributed by atoms with Gasteiger partial charge in [-0.15, -0.1) is 0 Å². The van der Waals surface area contributed by atoms with Crippen LogP contribution in [0.5, 0.6) is 0 Å². The Morgan fingerprint density at radius 3 is 2.78 bits per heavy atom. The van der Waals surface area contributed by atoms with Crippen LogP contribution in [0.2, 0.25) is 0 Å². The van der Waals surface area contributed by atoms with Gasteiger partial charge >= 0.3 is 5.69 Å². The molecule has 1 N–H and O–H groups in total. The summed E-state index contributed by atoms with van der Waals surface area (Å²) in [4.78, 5) is 23.9. The van der Waals surface area contributed by atoms with Crippen LogP contribution in [0.4, 0.5) is 5.69 Å². The Morgan fingerprint density at radius 1 is 1.61 bits per heavy atom. The molecule has 0 saturated carbocycles. The normalized spacial score (nSPS) is 10.7. The van der Waals surface area contributed by atoms with E-state index in [9.17, 15) is 14.9 Å². The molecule has 0 aromatic carbocycles. The summed E-state index contributed by atoms with van der Waals surface area (Å²) in [6, 6.07) is 0. The van der Waals surface area contributed by atoms with Crippen molar-refractivity contribution in [3.05, 3.63) is 22.0 Å². The summed E-state index contributed by atoms with van der Waals surface area (Å²) < 4.78 is 1.37. The van der Waals surface area contributed by atoms with Crippen LogP contribution in [0.25, 0.3) is 0 Å². The average molecular weight is 255 g/mol. The first-order valence-corrected chi connectivity index (χ1v) is 5.60. The molecule has 1 amide bonds. The minimum atomic E-state index is -0.597. The van der Waals surface area contributed by atoms with E-state index in [1.807, 2.05) is 19.0 Å². The monoisotopic (exact) mass is 255 g/mol. The number of carbonyl (C=O) groups is 1. The first kappa shape index (κ1) is 14.1. The van der Waals surface area contributed by atoms with E-state index in [4.69, 9.17) is 0 Å². The summed E-state index contributed by atoms with van der Waals surface area (Å²) in [6.07, 6.45) is 1.26. The fraction of sp³-hybridized carbons (Fsp3) is 0.600. The summed E-state index contributed by atoms with van der Waals surface area (Å²) in [5.41, 5.74) is -0.403. The van der Waals surface area contributed by atoms with Crippen molar-refractivity contribution < 1.29 is 9.72 Å². The lowest BCUT2D eigenvalue weighted by Gasteiger charge is -2.09. The van der Waals surface area contributed by atoms with Crippen molar-refractivity contribution in [1.29, 1.82) is 0 Å². The molecule has 1 heterocycles. The Labute approximate surface area is 105 Å². The quantitative estimate of drug-likeness (QED) is 0.575. The highest BCUT2D eigenvalue weighted by molar-refractivity contribution is 5.96. The van der Waals surface area contributed by atoms with Crippen LogP contribution in [0.15, 0.2) is 6.20 Å². The molecular formula is C10H17N5O3. The molecule has 0 spiro atoms. The Hall–Kier alpha value is -1.96. The van der Waals surface area contributed by atoms with Gasteiger partial charge in [0.1, 0.15) is 6.20 Å². The predicted molar refractivity (Wildman–Crippen MR) is 65.4 cm³/mol. The number of likely N-dealkylation sites (N-methyl/N-ethyl adjacent to an activating group) is 1. The molecule has 1 aromatic heterocycles. The van der Waals surface area contributed by atoms with Crippen molar-refractivity contribution in [2.75, 3.05) is 27.2 Å². The number of nitrogens with one attached hydrogen (secondary N) is 1. The van der Waals surface area contributed by atoms with E-state index >= 15 is 0 Å². The highest BCUT2D eigenvalue weighted by atomic mass is 16.6. The van der Waals surface area contributed by atoms with Gasteiger partial charge in [0.25, 0.3) is 5.91 Å². The van der Waals surface area contributed by atoms with E-state index < -0.39 is 10.8 Å². The van der Waals surface area contributed by atoms with E-state index in [0.717, 1.165) is 0 Å². The smallest absolute Gasteiger partial charge is 0.320 e. The summed E-state index contributed by atoms with van der Waals surface area (Å²) in [6.45, 7) is 3.35. The molecule has 8 nitrogen and oxygen atoms in total. The Kier molecular flexibility index (Phi) is 4.78. The van der Waals surface area contributed by atoms with Crippen molar-refractivity contribution in [1.82, 2.24) is 20.0 Å². The van der Waals surface area contributed by atoms with Gasteiger partial charge in [0.05, 0.1) is 4.92 Å². The van der Waals surface area contributed by atoms with Gasteiger partial charge in [-0.1, -0.05) is 0 Å². The third-order valence-electron chi connectivity index (χ3n) is 2.32. The maximum Gasteiger partial charge on any atom is 0.320 e. The highest BCUT2D eigenvalue weighted by Crippen LogP contribution is 2.16. The second-order valence-electron chi connectivity index (χ2n) is 4.03. The van der Waals surface area contributed by atoms with Crippen LogP contribution in [-0.4, -0.2) is 52.7 Å². The number of aromatic nitrogens is 2. The Bertz CT molecular complexity index is 441. The maximum absolute atomic E-state index is 11.8. The Morgan fingerprint density at radius 2 is 2.28 bits per heavy atom. The fourth-order valence-corrected chi connectivity index (χ4v) is 1.34. The van der Waals surface area contributed by atoms with Crippen LogP contribution >= 0.6 is 0 Å². The molecule has 0 aliphatic rings. The zero-order valence-electron chi connectivity index (χ0n) is 10.7. The van der Waals surface area contributed by atoms with Crippen molar-refractivity contribution in [2.45, 2.75) is 13.5 Å². The summed E-state index contributed by atoms with van der Waals surface area (Å²) in [5, 5.41) is 17.3. The van der Waals surface area contributed by atoms with Gasteiger partial charge < -0.3 is 10.2 Å². The summed E-state index contributed by atoms with van der Waals surface area (Å²) >= 11 is 0. The molecule has 0 atom stereocenters. The molecule has 0 aliphatic carbocycles. The summed E-state index contributed by atoms with van der Waals surface area (Å²) in [5.74, 6) is -0.518. The van der Waals surface area contributed by atoms with Gasteiger partial charge in [-0.3, -0.25) is 19.6 Å². The largest absolute Gasteiger partial charge is 0.349 e. The van der Waals surface area contributed by atoms with Gasteiger partial charge in [-0.2, -0.15) is 5.10 Å². The maximum atomic E-state index is 11.8. The van der Waals surface area contributed by atoms with Crippen LogP contribution < -0.4 is 5.32 Å². The SMILES string of the molecule is CCn1cc([N+](=O)[O-])c(C(=O)NCCN(C)C)n1. The van der Waals surface area contributed by atoms with Crippen molar-refractivity contribution in [2.24, 2.45) is 0 Å². The van der Waals surface area contributed by atoms with Crippen LogP contribution in [0.1, 0.15) is 17.4 Å². The molecule has 0 aliphatic heterocycles. The average Bonchev–Trinajstić information content (AvgIpc) is 2.72. The minimum Gasteiger partial charge on any atom is -0.349 e. The van der Waals surface area contributed by atoms with Crippen molar-refractivity contribution >= 4 is 11.6 Å². The molecule has 1 aromatic rings. The standard InChI is InChI=1S/C10H17N5O3/c1-4-14-7-8(15(17)18)9(12-14)10(16)11-5-6-13(2)3/h7H,4-6H2,1-3H3,(H,11,16). The van der Waals surface area contributed by atoms with Crippen molar-refractivity contribution in [3.63, 3.8) is 0 Å². The third kappa shape index (κ3) is 3.52. The predicted octanol–water partition coefficient (Wildman–Crippen LogP) is 0.103. The number of carbonyl (C=O) groups excluding carboxylic acids is 1. The third-order valence-corrected chi connectivity index (χ3v) is 2.32. The molecular weight excluding hydrogens is 238 g/mol. The number of hydrogen-bond donors (Lipinski definition) is 1. The second-order valence-corrected chi connectivity index (χ2v) is 4.03. The number of rotatable bonds is 6. The number of aryl methyl sites for hydroxylation is 1. The topological polar surface area (TPSA) is 93.3 Å². The first-order valence-electron chi connectivity index (χ1n) is 5.60. The molecule has 100 valence electrons. The Balaban J connectivity index is 2.77. The number of nitro groups is 1. The lowest BCUT2D eigenvalue weighted by molar-refractivity contribution is -0.385. The van der Waals surface area contributed by atoms with E-state index in [2.05, 4.69) is 10.4 Å². The van der Waals surface area contributed by atoms with Crippen LogP contribution in [0.3, 0.4) is 0 Å². The number of nitrogens with zero attached hydrogens (tertiary/aromatic N) is 4. The van der Waals surface area contributed by atoms with E-state index in [0.29, 0.717) is 19.6 Å². The molecule has 1 rings (SSSR count). The molecule has 0 fully saturated rings. The van der Waals surface area contributed by atoms with E-state index in [1.54, 1.807) is 6.92 Å². The van der Waals surface area contributed by atoms with Crippen LogP contribution in [0, 0.1) is 10.1 Å². The van der Waals surface area contributed by atoms with E-state index in [1.165, 1.54) is 10.9 Å².